The second-order valence-electron chi connectivity index (χ2n) is 7.32. The van der Waals surface area contributed by atoms with E-state index < -0.39 is 12.1 Å². The van der Waals surface area contributed by atoms with Gasteiger partial charge in [-0.15, -0.1) is 0 Å². The molecule has 5 nitrogen and oxygen atoms in total. The second kappa shape index (κ2) is 8.57. The molecule has 0 unspecified atom stereocenters. The quantitative estimate of drug-likeness (QED) is 0.800. The fraction of sp³-hybridized carbons (Fsp3) is 0.391. The van der Waals surface area contributed by atoms with E-state index >= 15 is 0 Å². The van der Waals surface area contributed by atoms with E-state index in [0.717, 1.165) is 22.3 Å². The van der Waals surface area contributed by atoms with E-state index in [1.54, 1.807) is 11.9 Å². The Morgan fingerprint density at radius 3 is 2.39 bits per heavy atom. The number of carbonyl (C=O) groups excluding carboxylic acids is 2. The first-order valence-electron chi connectivity index (χ1n) is 9.70. The van der Waals surface area contributed by atoms with Crippen LogP contribution in [0.3, 0.4) is 0 Å². The lowest BCUT2D eigenvalue weighted by molar-refractivity contribution is -0.167. The Balaban J connectivity index is 1.91. The van der Waals surface area contributed by atoms with Crippen molar-refractivity contribution in [3.63, 3.8) is 0 Å². The predicted molar refractivity (Wildman–Crippen MR) is 109 cm³/mol. The van der Waals surface area contributed by atoms with Crippen molar-refractivity contribution in [1.82, 2.24) is 9.80 Å². The number of benzene rings is 2. The molecule has 2 aromatic carbocycles. The van der Waals surface area contributed by atoms with Crippen LogP contribution in [-0.2, 0) is 20.9 Å². The van der Waals surface area contributed by atoms with E-state index in [9.17, 15) is 9.59 Å². The molecule has 0 spiro atoms. The van der Waals surface area contributed by atoms with Gasteiger partial charge < -0.3 is 14.5 Å². The lowest BCUT2D eigenvalue weighted by atomic mass is 9.93. The minimum absolute atomic E-state index is 0.0722. The number of morpholine rings is 1. The standard InChI is InChI=1S/C23H28N2O3/c1-5-25(14-18-12-8-6-10-16(18)2)23(27)22-21(24(4)20(26)15-28-22)19-13-9-7-11-17(19)3/h6-13,21-22H,5,14-15H2,1-4H3/t21-,22+/m1/s1. The van der Waals surface area contributed by atoms with Crippen LogP contribution in [0, 0.1) is 13.8 Å². The molecule has 0 aromatic heterocycles. The molecule has 28 heavy (non-hydrogen) atoms. The van der Waals surface area contributed by atoms with E-state index in [-0.39, 0.29) is 18.4 Å². The molecule has 1 fully saturated rings. The summed E-state index contributed by atoms with van der Waals surface area (Å²) >= 11 is 0. The maximum absolute atomic E-state index is 13.5. The normalized spacial score (nSPS) is 19.6. The van der Waals surface area contributed by atoms with Gasteiger partial charge in [-0.2, -0.15) is 0 Å². The van der Waals surface area contributed by atoms with E-state index in [2.05, 4.69) is 0 Å². The number of nitrogens with zero attached hydrogens (tertiary/aromatic N) is 2. The largest absolute Gasteiger partial charge is 0.356 e. The molecule has 2 aromatic rings. The molecular formula is C23H28N2O3. The minimum atomic E-state index is -0.715. The summed E-state index contributed by atoms with van der Waals surface area (Å²) in [5.74, 6) is -0.197. The number of ether oxygens (including phenoxy) is 1. The van der Waals surface area contributed by atoms with Crippen LogP contribution in [0.2, 0.25) is 0 Å². The molecule has 5 heteroatoms. The van der Waals surface area contributed by atoms with Gasteiger partial charge >= 0.3 is 0 Å². The lowest BCUT2D eigenvalue weighted by Crippen LogP contribution is -2.53. The number of rotatable bonds is 5. The fourth-order valence-electron chi connectivity index (χ4n) is 3.73. The SMILES string of the molecule is CCN(Cc1ccccc1C)C(=O)[C@H]1OCC(=O)N(C)[C@@H]1c1ccccc1C. The lowest BCUT2D eigenvalue weighted by Gasteiger charge is -2.40. The third-order valence-corrected chi connectivity index (χ3v) is 5.55. The summed E-state index contributed by atoms with van der Waals surface area (Å²) in [6.45, 7) is 7.04. The van der Waals surface area contributed by atoms with Crippen LogP contribution >= 0.6 is 0 Å². The molecule has 0 saturated carbocycles. The fourth-order valence-corrected chi connectivity index (χ4v) is 3.73. The smallest absolute Gasteiger partial charge is 0.254 e. The van der Waals surface area contributed by atoms with Gasteiger partial charge in [0.1, 0.15) is 6.61 Å². The van der Waals surface area contributed by atoms with Crippen molar-refractivity contribution in [2.45, 2.75) is 39.5 Å². The summed E-state index contributed by atoms with van der Waals surface area (Å²) in [5.41, 5.74) is 4.26. The van der Waals surface area contributed by atoms with Crippen molar-refractivity contribution < 1.29 is 14.3 Å². The van der Waals surface area contributed by atoms with Gasteiger partial charge in [-0.25, -0.2) is 0 Å². The van der Waals surface area contributed by atoms with E-state index in [1.807, 2.05) is 74.2 Å². The summed E-state index contributed by atoms with van der Waals surface area (Å²) in [7, 11) is 1.75. The molecule has 1 aliphatic rings. The predicted octanol–water partition coefficient (Wildman–Crippen LogP) is 3.25. The van der Waals surface area contributed by atoms with E-state index in [1.165, 1.54) is 0 Å². The summed E-state index contributed by atoms with van der Waals surface area (Å²) < 4.78 is 5.81. The maximum atomic E-state index is 13.5. The highest BCUT2D eigenvalue weighted by Crippen LogP contribution is 2.32. The van der Waals surface area contributed by atoms with Gasteiger partial charge in [-0.3, -0.25) is 9.59 Å². The van der Waals surface area contributed by atoms with Gasteiger partial charge in [-0.1, -0.05) is 48.5 Å². The number of carbonyl (C=O) groups is 2. The first-order chi connectivity index (χ1) is 13.4. The Hall–Kier alpha value is -2.66. The van der Waals surface area contributed by atoms with Gasteiger partial charge in [0.2, 0.25) is 5.91 Å². The Bertz CT molecular complexity index is 864. The molecule has 0 bridgehead atoms. The van der Waals surface area contributed by atoms with Gasteiger partial charge in [0.05, 0.1) is 6.04 Å². The average molecular weight is 380 g/mol. The molecule has 3 rings (SSSR count). The zero-order chi connectivity index (χ0) is 20.3. The highest BCUT2D eigenvalue weighted by atomic mass is 16.5. The number of amides is 2. The highest BCUT2D eigenvalue weighted by molar-refractivity contribution is 5.86. The van der Waals surface area contributed by atoms with Crippen molar-refractivity contribution >= 4 is 11.8 Å². The molecule has 1 aliphatic heterocycles. The second-order valence-corrected chi connectivity index (χ2v) is 7.32. The zero-order valence-corrected chi connectivity index (χ0v) is 17.0. The topological polar surface area (TPSA) is 49.9 Å². The molecule has 0 N–H and O–H groups in total. The monoisotopic (exact) mass is 380 g/mol. The third kappa shape index (κ3) is 3.94. The number of hydrogen-bond acceptors (Lipinski definition) is 3. The molecule has 148 valence electrons. The summed E-state index contributed by atoms with van der Waals surface area (Å²) in [6, 6.07) is 15.5. The first-order valence-corrected chi connectivity index (χ1v) is 9.70. The molecule has 0 radical (unpaired) electrons. The van der Waals surface area contributed by atoms with Crippen LogP contribution in [0.4, 0.5) is 0 Å². The van der Waals surface area contributed by atoms with Gasteiger partial charge in [-0.05, 0) is 43.0 Å². The molecule has 1 heterocycles. The van der Waals surface area contributed by atoms with Crippen LogP contribution in [-0.4, -0.2) is 47.9 Å². The Labute approximate surface area is 166 Å². The average Bonchev–Trinajstić information content (AvgIpc) is 2.69. The van der Waals surface area contributed by atoms with Gasteiger partial charge in [0.25, 0.3) is 5.91 Å². The van der Waals surface area contributed by atoms with Crippen LogP contribution in [0.15, 0.2) is 48.5 Å². The van der Waals surface area contributed by atoms with Crippen molar-refractivity contribution in [2.24, 2.45) is 0 Å². The highest BCUT2D eigenvalue weighted by Gasteiger charge is 2.42. The third-order valence-electron chi connectivity index (χ3n) is 5.55. The molecule has 2 atom stereocenters. The van der Waals surface area contributed by atoms with Crippen molar-refractivity contribution in [3.8, 4) is 0 Å². The van der Waals surface area contributed by atoms with Crippen LogP contribution in [0.1, 0.15) is 35.2 Å². The molecule has 0 aliphatic carbocycles. The Morgan fingerprint density at radius 1 is 1.11 bits per heavy atom. The van der Waals surface area contributed by atoms with Crippen LogP contribution in [0.25, 0.3) is 0 Å². The van der Waals surface area contributed by atoms with Gasteiger partial charge in [0.15, 0.2) is 6.10 Å². The Kier molecular flexibility index (Phi) is 6.15. The summed E-state index contributed by atoms with van der Waals surface area (Å²) in [5, 5.41) is 0. The van der Waals surface area contributed by atoms with Crippen LogP contribution in [0.5, 0.6) is 0 Å². The summed E-state index contributed by atoms with van der Waals surface area (Å²) in [6.07, 6.45) is -0.715. The first kappa shape index (κ1) is 20.1. The summed E-state index contributed by atoms with van der Waals surface area (Å²) in [4.78, 5) is 29.2. The maximum Gasteiger partial charge on any atom is 0.254 e. The van der Waals surface area contributed by atoms with Crippen molar-refractivity contribution in [2.75, 3.05) is 20.2 Å². The van der Waals surface area contributed by atoms with Gasteiger partial charge in [0, 0.05) is 20.1 Å². The number of likely N-dealkylation sites (N-methyl/N-ethyl adjacent to an activating group) is 2. The van der Waals surface area contributed by atoms with E-state index in [0.29, 0.717) is 13.1 Å². The number of hydrogen-bond donors (Lipinski definition) is 0. The molecular weight excluding hydrogens is 352 g/mol. The van der Waals surface area contributed by atoms with Crippen molar-refractivity contribution in [3.05, 3.63) is 70.8 Å². The molecule has 1 saturated heterocycles. The zero-order valence-electron chi connectivity index (χ0n) is 17.0. The van der Waals surface area contributed by atoms with Crippen molar-refractivity contribution in [1.29, 1.82) is 0 Å². The van der Waals surface area contributed by atoms with Crippen LogP contribution < -0.4 is 0 Å². The molecule has 2 amide bonds. The van der Waals surface area contributed by atoms with E-state index in [4.69, 9.17) is 4.74 Å². The number of aryl methyl sites for hydroxylation is 2. The minimum Gasteiger partial charge on any atom is -0.356 e. The Morgan fingerprint density at radius 2 is 1.75 bits per heavy atom.